The van der Waals surface area contributed by atoms with Gasteiger partial charge >= 0.3 is 0 Å². The van der Waals surface area contributed by atoms with Crippen LogP contribution in [-0.2, 0) is 7.05 Å². The van der Waals surface area contributed by atoms with Crippen LogP contribution in [0.5, 0.6) is 0 Å². The fourth-order valence-electron chi connectivity index (χ4n) is 2.09. The summed E-state index contributed by atoms with van der Waals surface area (Å²) in [5.41, 5.74) is 1.22. The highest BCUT2D eigenvalue weighted by Gasteiger charge is 2.16. The molecule has 0 bridgehead atoms. The van der Waals surface area contributed by atoms with E-state index >= 15 is 0 Å². The fraction of sp³-hybridized carbons (Fsp3) is 0.462. The van der Waals surface area contributed by atoms with E-state index in [1.54, 1.807) is 0 Å². The molecular formula is C13H19N3S. The van der Waals surface area contributed by atoms with Crippen LogP contribution in [0.2, 0.25) is 0 Å². The standard InChI is InChI=1S/C13H19N3S/c1-4-11(13-6-5-9-17-13)15-10(2)12-7-8-14-16(12)3/h5-11,15H,4H2,1-3H3. The molecule has 2 atom stereocenters. The van der Waals surface area contributed by atoms with Gasteiger partial charge in [0, 0.05) is 30.2 Å². The highest BCUT2D eigenvalue weighted by Crippen LogP contribution is 2.25. The number of nitrogens with one attached hydrogen (secondary N) is 1. The minimum absolute atomic E-state index is 0.314. The molecule has 0 saturated heterocycles. The lowest BCUT2D eigenvalue weighted by Gasteiger charge is -2.21. The Morgan fingerprint density at radius 1 is 1.47 bits per heavy atom. The summed E-state index contributed by atoms with van der Waals surface area (Å²) in [4.78, 5) is 1.40. The minimum Gasteiger partial charge on any atom is -0.301 e. The average molecular weight is 249 g/mol. The van der Waals surface area contributed by atoms with Gasteiger partial charge in [-0.15, -0.1) is 11.3 Å². The SMILES string of the molecule is CCC(NC(C)c1ccnn1C)c1cccs1. The molecule has 2 rings (SSSR count). The molecule has 0 aromatic carbocycles. The lowest BCUT2D eigenvalue weighted by Crippen LogP contribution is -2.25. The second kappa shape index (κ2) is 5.47. The van der Waals surface area contributed by atoms with Gasteiger partial charge in [-0.1, -0.05) is 13.0 Å². The second-order valence-electron chi connectivity index (χ2n) is 4.24. The van der Waals surface area contributed by atoms with Crippen molar-refractivity contribution in [2.75, 3.05) is 0 Å². The summed E-state index contributed by atoms with van der Waals surface area (Å²) in [6, 6.07) is 7.12. The van der Waals surface area contributed by atoms with Gasteiger partial charge in [0.05, 0.1) is 5.69 Å². The number of aromatic nitrogens is 2. The summed E-state index contributed by atoms with van der Waals surface area (Å²) in [5, 5.41) is 10.0. The molecule has 0 radical (unpaired) electrons. The van der Waals surface area contributed by atoms with E-state index in [0.717, 1.165) is 6.42 Å². The number of rotatable bonds is 5. The number of nitrogens with zero attached hydrogens (tertiary/aromatic N) is 2. The molecule has 17 heavy (non-hydrogen) atoms. The normalized spacial score (nSPS) is 14.8. The molecule has 2 aromatic rings. The van der Waals surface area contributed by atoms with Crippen LogP contribution in [0.15, 0.2) is 29.8 Å². The van der Waals surface area contributed by atoms with Crippen molar-refractivity contribution >= 4 is 11.3 Å². The molecule has 0 amide bonds. The van der Waals surface area contributed by atoms with Crippen molar-refractivity contribution in [1.29, 1.82) is 0 Å². The van der Waals surface area contributed by atoms with Gasteiger partial charge in [-0.05, 0) is 30.9 Å². The van der Waals surface area contributed by atoms with E-state index in [0.29, 0.717) is 12.1 Å². The van der Waals surface area contributed by atoms with Gasteiger partial charge in [0.2, 0.25) is 0 Å². The summed E-state index contributed by atoms with van der Waals surface area (Å²) in [6.45, 7) is 4.40. The molecule has 2 heterocycles. The molecule has 0 aliphatic carbocycles. The van der Waals surface area contributed by atoms with Crippen LogP contribution in [-0.4, -0.2) is 9.78 Å². The van der Waals surface area contributed by atoms with Crippen molar-refractivity contribution in [3.05, 3.63) is 40.3 Å². The lowest BCUT2D eigenvalue weighted by molar-refractivity contribution is 0.442. The third-order valence-electron chi connectivity index (χ3n) is 3.05. The van der Waals surface area contributed by atoms with Crippen molar-refractivity contribution in [2.45, 2.75) is 32.4 Å². The van der Waals surface area contributed by atoms with Crippen molar-refractivity contribution in [3.63, 3.8) is 0 Å². The summed E-state index contributed by atoms with van der Waals surface area (Å²) < 4.78 is 1.93. The minimum atomic E-state index is 0.314. The predicted octanol–water partition coefficient (Wildman–Crippen LogP) is 3.28. The summed E-state index contributed by atoms with van der Waals surface area (Å²) >= 11 is 1.81. The van der Waals surface area contributed by atoms with Gasteiger partial charge in [-0.2, -0.15) is 5.10 Å². The van der Waals surface area contributed by atoms with Crippen molar-refractivity contribution in [3.8, 4) is 0 Å². The highest BCUT2D eigenvalue weighted by molar-refractivity contribution is 7.10. The molecule has 3 nitrogen and oxygen atoms in total. The van der Waals surface area contributed by atoms with Gasteiger partial charge in [0.25, 0.3) is 0 Å². The van der Waals surface area contributed by atoms with Crippen LogP contribution < -0.4 is 5.32 Å². The zero-order valence-electron chi connectivity index (χ0n) is 10.6. The second-order valence-corrected chi connectivity index (χ2v) is 5.22. The molecule has 1 N–H and O–H groups in total. The first-order valence-corrected chi connectivity index (χ1v) is 6.87. The zero-order chi connectivity index (χ0) is 12.3. The Hall–Kier alpha value is -1.13. The Morgan fingerprint density at radius 3 is 2.82 bits per heavy atom. The number of hydrogen-bond acceptors (Lipinski definition) is 3. The van der Waals surface area contributed by atoms with Gasteiger partial charge in [-0.3, -0.25) is 4.68 Å². The summed E-state index contributed by atoms with van der Waals surface area (Å²) in [6.07, 6.45) is 2.95. The van der Waals surface area contributed by atoms with E-state index in [4.69, 9.17) is 0 Å². The quantitative estimate of drug-likeness (QED) is 0.881. The Morgan fingerprint density at radius 2 is 2.29 bits per heavy atom. The summed E-state index contributed by atoms with van der Waals surface area (Å²) in [5.74, 6) is 0. The van der Waals surface area contributed by atoms with E-state index in [9.17, 15) is 0 Å². The molecule has 2 aromatic heterocycles. The van der Waals surface area contributed by atoms with Gasteiger partial charge in [0.1, 0.15) is 0 Å². The van der Waals surface area contributed by atoms with Crippen LogP contribution in [0.1, 0.15) is 42.9 Å². The molecule has 4 heteroatoms. The zero-order valence-corrected chi connectivity index (χ0v) is 11.4. The van der Waals surface area contributed by atoms with E-state index in [-0.39, 0.29) is 0 Å². The largest absolute Gasteiger partial charge is 0.301 e. The summed E-state index contributed by atoms with van der Waals surface area (Å²) in [7, 11) is 1.99. The Balaban J connectivity index is 2.07. The van der Waals surface area contributed by atoms with Crippen molar-refractivity contribution in [2.24, 2.45) is 7.05 Å². The molecule has 0 aliphatic heterocycles. The Bertz CT molecular complexity index is 447. The topological polar surface area (TPSA) is 29.9 Å². The van der Waals surface area contributed by atoms with Crippen LogP contribution in [0.4, 0.5) is 0 Å². The van der Waals surface area contributed by atoms with Crippen molar-refractivity contribution in [1.82, 2.24) is 15.1 Å². The maximum Gasteiger partial charge on any atom is 0.0547 e. The van der Waals surface area contributed by atoms with Crippen LogP contribution in [0.3, 0.4) is 0 Å². The Labute approximate surface area is 106 Å². The highest BCUT2D eigenvalue weighted by atomic mass is 32.1. The molecule has 0 fully saturated rings. The predicted molar refractivity (Wildman–Crippen MR) is 72.1 cm³/mol. The third kappa shape index (κ3) is 2.76. The molecule has 0 spiro atoms. The number of aryl methyl sites for hydroxylation is 1. The van der Waals surface area contributed by atoms with Crippen LogP contribution in [0.25, 0.3) is 0 Å². The van der Waals surface area contributed by atoms with Gasteiger partial charge < -0.3 is 5.32 Å². The molecular weight excluding hydrogens is 230 g/mol. The molecule has 92 valence electrons. The van der Waals surface area contributed by atoms with E-state index in [1.165, 1.54) is 10.6 Å². The van der Waals surface area contributed by atoms with Crippen LogP contribution in [0, 0.1) is 0 Å². The maximum absolute atomic E-state index is 4.21. The molecule has 0 saturated carbocycles. The van der Waals surface area contributed by atoms with E-state index < -0.39 is 0 Å². The number of hydrogen-bond donors (Lipinski definition) is 1. The monoisotopic (exact) mass is 249 g/mol. The third-order valence-corrected chi connectivity index (χ3v) is 4.03. The first-order valence-electron chi connectivity index (χ1n) is 5.99. The van der Waals surface area contributed by atoms with Crippen LogP contribution >= 0.6 is 11.3 Å². The van der Waals surface area contributed by atoms with Gasteiger partial charge in [0.15, 0.2) is 0 Å². The maximum atomic E-state index is 4.21. The molecule has 2 unspecified atom stereocenters. The first-order chi connectivity index (χ1) is 8.22. The van der Waals surface area contributed by atoms with Crippen molar-refractivity contribution < 1.29 is 0 Å². The Kier molecular flexibility index (Phi) is 3.97. The fourth-order valence-corrected chi connectivity index (χ4v) is 2.96. The number of thiophene rings is 1. The lowest BCUT2D eigenvalue weighted by atomic mass is 10.1. The molecule has 0 aliphatic rings. The smallest absolute Gasteiger partial charge is 0.0547 e. The van der Waals surface area contributed by atoms with E-state index in [2.05, 4.69) is 47.8 Å². The van der Waals surface area contributed by atoms with Gasteiger partial charge in [-0.25, -0.2) is 0 Å². The average Bonchev–Trinajstić information content (AvgIpc) is 2.96. The van der Waals surface area contributed by atoms with E-state index in [1.807, 2.05) is 29.3 Å². The first kappa shape index (κ1) is 12.3.